The van der Waals surface area contributed by atoms with Gasteiger partial charge in [0.1, 0.15) is 0 Å². The van der Waals surface area contributed by atoms with E-state index in [2.05, 4.69) is 22.3 Å². The Labute approximate surface area is 182 Å². The third-order valence-electron chi connectivity index (χ3n) is 6.50. The normalized spacial score (nSPS) is 20.6. The zero-order valence-electron chi connectivity index (χ0n) is 16.3. The van der Waals surface area contributed by atoms with Crippen LogP contribution in [0.3, 0.4) is 0 Å². The molecule has 6 nitrogen and oxygen atoms in total. The van der Waals surface area contributed by atoms with Crippen molar-refractivity contribution in [3.8, 4) is 0 Å². The number of hydrogen-bond donors (Lipinski definition) is 2. The van der Waals surface area contributed by atoms with Gasteiger partial charge in [-0.3, -0.25) is 0 Å². The fraction of sp³-hybridized carbons (Fsp3) is 0.524. The Kier molecular flexibility index (Phi) is 5.28. The topological polar surface area (TPSA) is 78.4 Å². The van der Waals surface area contributed by atoms with E-state index in [0.29, 0.717) is 5.92 Å². The molecule has 1 saturated carbocycles. The Morgan fingerprint density at radius 1 is 1.21 bits per heavy atom. The standard InChI is InChI=1S/C21H25ClN4O.O.Sn/c1-2-18-13-19(25-21(14-27)9-10-21)24-20(23-18)26-11-7-16(8-12-26)15-3-5-17(22)6-4-15;;/h3-6,16,27H,1-2,7-12,14H2,(H,23,24,25);;. The van der Waals surface area contributed by atoms with Gasteiger partial charge in [0.15, 0.2) is 0 Å². The predicted molar refractivity (Wildman–Crippen MR) is 115 cm³/mol. The number of halogens is 1. The van der Waals surface area contributed by atoms with Crippen LogP contribution in [0.4, 0.5) is 11.8 Å². The molecular formula is C21H25ClN4O2Sn. The SMILES string of the molecule is [O]=[Sn]1[CH2]Cc2nc(N3CCC(c4ccc(Cl)cc4)CC3)nc(NC3(CO)CC3)[c]21. The fourth-order valence-electron chi connectivity index (χ4n) is 4.43. The number of aryl methyl sites for hydroxylation is 1. The van der Waals surface area contributed by atoms with Gasteiger partial charge in [-0.15, -0.1) is 0 Å². The van der Waals surface area contributed by atoms with Crippen LogP contribution < -0.4 is 13.8 Å². The second kappa shape index (κ2) is 7.78. The van der Waals surface area contributed by atoms with Gasteiger partial charge in [-0.2, -0.15) is 0 Å². The summed E-state index contributed by atoms with van der Waals surface area (Å²) in [5, 5.41) is 13.9. The molecule has 29 heavy (non-hydrogen) atoms. The molecule has 5 rings (SSSR count). The van der Waals surface area contributed by atoms with E-state index in [1.807, 2.05) is 12.1 Å². The zero-order valence-corrected chi connectivity index (χ0v) is 19.9. The first-order valence-corrected chi connectivity index (χ1v) is 15.4. The van der Waals surface area contributed by atoms with Crippen LogP contribution >= 0.6 is 11.6 Å². The van der Waals surface area contributed by atoms with E-state index < -0.39 is 19.7 Å². The zero-order chi connectivity index (χ0) is 20.0. The summed E-state index contributed by atoms with van der Waals surface area (Å²) in [6.45, 7) is 1.89. The van der Waals surface area contributed by atoms with Gasteiger partial charge in [0.2, 0.25) is 0 Å². The number of aliphatic hydroxyl groups is 1. The summed E-state index contributed by atoms with van der Waals surface area (Å²) >= 11 is 3.19. The van der Waals surface area contributed by atoms with Gasteiger partial charge in [0.25, 0.3) is 0 Å². The van der Waals surface area contributed by atoms with Crippen molar-refractivity contribution in [3.63, 3.8) is 0 Å². The van der Waals surface area contributed by atoms with Gasteiger partial charge in [-0.25, -0.2) is 0 Å². The van der Waals surface area contributed by atoms with E-state index in [1.165, 1.54) is 5.56 Å². The Hall–Kier alpha value is -1.25. The molecule has 3 aliphatic rings. The van der Waals surface area contributed by atoms with Gasteiger partial charge < -0.3 is 0 Å². The van der Waals surface area contributed by atoms with Crippen molar-refractivity contribution in [1.29, 1.82) is 0 Å². The van der Waals surface area contributed by atoms with E-state index in [4.69, 9.17) is 21.6 Å². The van der Waals surface area contributed by atoms with Crippen LogP contribution in [0.2, 0.25) is 9.46 Å². The summed E-state index contributed by atoms with van der Waals surface area (Å²) in [6, 6.07) is 8.18. The molecule has 2 aromatic rings. The Morgan fingerprint density at radius 2 is 1.93 bits per heavy atom. The maximum absolute atomic E-state index is 12.7. The summed E-state index contributed by atoms with van der Waals surface area (Å²) in [5.41, 5.74) is 2.04. The van der Waals surface area contributed by atoms with Crippen molar-refractivity contribution >= 4 is 46.7 Å². The van der Waals surface area contributed by atoms with E-state index >= 15 is 0 Å². The number of rotatable bonds is 5. The monoisotopic (exact) mass is 520 g/mol. The second-order valence-corrected chi connectivity index (χ2v) is 14.2. The first-order chi connectivity index (χ1) is 14.1. The van der Waals surface area contributed by atoms with Crippen LogP contribution in [0.15, 0.2) is 24.3 Å². The molecule has 2 aliphatic heterocycles. The van der Waals surface area contributed by atoms with Crippen molar-refractivity contribution in [1.82, 2.24) is 9.97 Å². The van der Waals surface area contributed by atoms with Gasteiger partial charge in [-0.05, 0) is 0 Å². The molecule has 2 fully saturated rings. The number of aliphatic hydroxyl groups excluding tert-OH is 1. The molecule has 0 bridgehead atoms. The maximum atomic E-state index is 12.7. The van der Waals surface area contributed by atoms with E-state index in [9.17, 15) is 8.18 Å². The molecule has 152 valence electrons. The van der Waals surface area contributed by atoms with Crippen LogP contribution in [0.25, 0.3) is 0 Å². The van der Waals surface area contributed by atoms with Crippen LogP contribution in [-0.2, 0) is 9.50 Å². The van der Waals surface area contributed by atoms with Crippen molar-refractivity contribution in [3.05, 3.63) is 40.5 Å². The molecule has 8 heteroatoms. The van der Waals surface area contributed by atoms with Gasteiger partial charge in [0, 0.05) is 0 Å². The first-order valence-electron chi connectivity index (χ1n) is 10.4. The number of fused-ring (bicyclic) bond motifs is 1. The van der Waals surface area contributed by atoms with Crippen LogP contribution in [-0.4, -0.2) is 60.1 Å². The van der Waals surface area contributed by atoms with Gasteiger partial charge >= 0.3 is 172 Å². The van der Waals surface area contributed by atoms with E-state index in [1.54, 1.807) is 0 Å². The minimum atomic E-state index is -2.83. The number of hydrogen-bond acceptors (Lipinski definition) is 6. The van der Waals surface area contributed by atoms with E-state index in [-0.39, 0.29) is 12.1 Å². The molecule has 0 amide bonds. The molecule has 1 aromatic carbocycles. The molecule has 1 aliphatic carbocycles. The van der Waals surface area contributed by atoms with Crippen molar-refractivity contribution in [2.75, 3.05) is 29.9 Å². The van der Waals surface area contributed by atoms with Crippen molar-refractivity contribution < 1.29 is 8.18 Å². The first kappa shape index (κ1) is 19.7. The molecule has 1 saturated heterocycles. The molecular weight excluding hydrogens is 494 g/mol. The number of benzene rings is 1. The predicted octanol–water partition coefficient (Wildman–Crippen LogP) is 2.64. The Bertz CT molecular complexity index is 940. The quantitative estimate of drug-likeness (QED) is 0.592. The van der Waals surface area contributed by atoms with Crippen LogP contribution in [0.1, 0.15) is 42.9 Å². The van der Waals surface area contributed by atoms with Crippen LogP contribution in [0.5, 0.6) is 0 Å². The molecule has 2 N–H and O–H groups in total. The van der Waals surface area contributed by atoms with Crippen molar-refractivity contribution in [2.24, 2.45) is 0 Å². The van der Waals surface area contributed by atoms with Crippen LogP contribution in [0, 0.1) is 0 Å². The van der Waals surface area contributed by atoms with E-state index in [0.717, 1.165) is 75.7 Å². The number of aromatic nitrogens is 2. The van der Waals surface area contributed by atoms with Crippen molar-refractivity contribution in [2.45, 2.75) is 48.0 Å². The summed E-state index contributed by atoms with van der Waals surface area (Å²) in [5.74, 6) is 2.01. The summed E-state index contributed by atoms with van der Waals surface area (Å²) in [6.07, 6.45) is 4.76. The number of nitrogens with zero attached hydrogens (tertiary/aromatic N) is 3. The Morgan fingerprint density at radius 3 is 2.59 bits per heavy atom. The second-order valence-electron chi connectivity index (χ2n) is 8.49. The third kappa shape index (κ3) is 3.91. The molecule has 3 heterocycles. The van der Waals surface area contributed by atoms with Gasteiger partial charge in [0.05, 0.1) is 0 Å². The average Bonchev–Trinajstić information content (AvgIpc) is 3.42. The fourth-order valence-corrected chi connectivity index (χ4v) is 9.12. The third-order valence-corrected chi connectivity index (χ3v) is 11.9. The number of nitrogens with one attached hydrogen (secondary N) is 1. The molecule has 0 spiro atoms. The molecule has 1 aromatic heterocycles. The van der Waals surface area contributed by atoms with Gasteiger partial charge in [-0.1, -0.05) is 11.6 Å². The summed E-state index contributed by atoms with van der Waals surface area (Å²) in [7, 11) is 0. The number of anilines is 2. The molecule has 0 radical (unpaired) electrons. The molecule has 0 unspecified atom stereocenters. The summed E-state index contributed by atoms with van der Waals surface area (Å²) < 4.78 is 14.3. The number of piperidine rings is 1. The summed E-state index contributed by atoms with van der Waals surface area (Å²) in [4.78, 5) is 11.9. The minimum absolute atomic E-state index is 0.0884. The average molecular weight is 520 g/mol. The Balaban J connectivity index is 1.36. The molecule has 0 atom stereocenters.